The number of halogens is 1. The Kier molecular flexibility index (Phi) is 7.56. The molecule has 0 aliphatic rings. The summed E-state index contributed by atoms with van der Waals surface area (Å²) in [7, 11) is -2.67. The van der Waals surface area contributed by atoms with Gasteiger partial charge in [-0.15, -0.1) is 0 Å². The highest BCUT2D eigenvalue weighted by molar-refractivity contribution is 7.89. The number of ether oxygens (including phenoxy) is 1. The maximum Gasteiger partial charge on any atom is 0.356 e. The van der Waals surface area contributed by atoms with E-state index in [4.69, 9.17) is 4.74 Å². The number of carboxylic acid groups (broad SMARTS) is 1. The minimum Gasteiger partial charge on any atom is -0.476 e. The fourth-order valence-corrected chi connectivity index (χ4v) is 4.68. The van der Waals surface area contributed by atoms with E-state index in [2.05, 4.69) is 15.1 Å². The van der Waals surface area contributed by atoms with Gasteiger partial charge in [-0.05, 0) is 50.6 Å². The Hall–Kier alpha value is -3.77. The molecule has 1 amide bonds. The quantitative estimate of drug-likeness (QED) is 0.404. The van der Waals surface area contributed by atoms with Crippen molar-refractivity contribution in [2.24, 2.45) is 7.05 Å². The van der Waals surface area contributed by atoms with Crippen LogP contribution in [-0.2, 0) is 17.1 Å². The summed E-state index contributed by atoms with van der Waals surface area (Å²) in [5.41, 5.74) is -0.154. The number of aryl methyl sites for hydroxylation is 1. The number of carbonyl (C=O) groups excluding carboxylic acids is 1. The van der Waals surface area contributed by atoms with Gasteiger partial charge in [-0.25, -0.2) is 27.0 Å². The molecule has 186 valence electrons. The van der Waals surface area contributed by atoms with Crippen LogP contribution >= 0.6 is 0 Å². The molecule has 0 radical (unpaired) electrons. The molecular weight excluding hydrogens is 479 g/mol. The van der Waals surface area contributed by atoms with Crippen molar-refractivity contribution in [2.45, 2.75) is 38.1 Å². The molecule has 0 fully saturated rings. The lowest BCUT2D eigenvalue weighted by atomic mass is 10.2. The summed E-state index contributed by atoms with van der Waals surface area (Å²) in [6, 6.07) is 8.87. The van der Waals surface area contributed by atoms with E-state index in [0.29, 0.717) is 6.42 Å². The second kappa shape index (κ2) is 10.2. The number of aromatic nitrogens is 2. The summed E-state index contributed by atoms with van der Waals surface area (Å²) in [5, 5.41) is 15.7. The molecule has 1 aromatic heterocycles. The lowest BCUT2D eigenvalue weighted by Gasteiger charge is -2.17. The zero-order chi connectivity index (χ0) is 25.9. The van der Waals surface area contributed by atoms with E-state index < -0.39 is 33.8 Å². The van der Waals surface area contributed by atoms with Crippen LogP contribution in [0.4, 0.5) is 10.1 Å². The molecule has 12 heteroatoms. The number of hydrogen-bond acceptors (Lipinski definition) is 6. The highest BCUT2D eigenvalue weighted by Gasteiger charge is 2.26. The molecule has 3 N–H and O–H groups in total. The highest BCUT2D eigenvalue weighted by Crippen LogP contribution is 2.34. The third kappa shape index (κ3) is 5.66. The van der Waals surface area contributed by atoms with Gasteiger partial charge in [0, 0.05) is 24.3 Å². The number of amides is 1. The summed E-state index contributed by atoms with van der Waals surface area (Å²) in [4.78, 5) is 23.6. The number of carbonyl (C=O) groups is 2. The molecule has 0 saturated heterocycles. The van der Waals surface area contributed by atoms with E-state index in [1.54, 1.807) is 6.92 Å². The van der Waals surface area contributed by atoms with Crippen LogP contribution in [-0.4, -0.2) is 41.2 Å². The number of nitrogens with zero attached hydrogens (tertiary/aromatic N) is 2. The van der Waals surface area contributed by atoms with Gasteiger partial charge in [0.15, 0.2) is 5.69 Å². The average molecular weight is 505 g/mol. The molecule has 0 bridgehead atoms. The minimum absolute atomic E-state index is 0.0329. The smallest absolute Gasteiger partial charge is 0.356 e. The monoisotopic (exact) mass is 504 g/mol. The van der Waals surface area contributed by atoms with Crippen molar-refractivity contribution in [1.29, 1.82) is 0 Å². The molecule has 10 nitrogen and oxygen atoms in total. The van der Waals surface area contributed by atoms with E-state index in [0.717, 1.165) is 6.07 Å². The number of sulfonamides is 1. The van der Waals surface area contributed by atoms with Gasteiger partial charge in [-0.1, -0.05) is 19.1 Å². The molecule has 0 spiro atoms. The Bertz CT molecular complexity index is 1390. The number of nitrogens with one attached hydrogen (secondary N) is 2. The first-order valence-corrected chi connectivity index (χ1v) is 12.1. The first-order chi connectivity index (χ1) is 16.4. The van der Waals surface area contributed by atoms with Crippen molar-refractivity contribution in [3.05, 3.63) is 65.1 Å². The standard InChI is InChI=1S/C23H25FN4O6S/c1-5-13(2)27-35(32,33)19-12-15(25-21(29)16-8-6-7-9-17(16)24)10-11-18(19)34-22-14(3)20(23(30)31)26-28(22)4/h6-13,27H,5H2,1-4H3,(H,25,29)(H,30,31)/t13-/m0/s1. The van der Waals surface area contributed by atoms with Gasteiger partial charge in [0.25, 0.3) is 5.91 Å². The second-order valence-corrected chi connectivity index (χ2v) is 9.52. The van der Waals surface area contributed by atoms with Gasteiger partial charge in [-0.2, -0.15) is 5.10 Å². The van der Waals surface area contributed by atoms with Gasteiger partial charge in [0.2, 0.25) is 15.9 Å². The number of rotatable bonds is 9. The predicted octanol–water partition coefficient (Wildman–Crippen LogP) is 3.69. The molecule has 0 saturated carbocycles. The van der Waals surface area contributed by atoms with Crippen LogP contribution in [0.1, 0.15) is 46.7 Å². The molecule has 1 atom stereocenters. The molecule has 1 heterocycles. The average Bonchev–Trinajstić information content (AvgIpc) is 3.08. The van der Waals surface area contributed by atoms with E-state index in [1.807, 2.05) is 6.92 Å². The van der Waals surface area contributed by atoms with Crippen LogP contribution in [0, 0.1) is 12.7 Å². The maximum absolute atomic E-state index is 14.0. The first kappa shape index (κ1) is 25.8. The summed E-state index contributed by atoms with van der Waals surface area (Å²) in [5.74, 6) is -2.83. The lowest BCUT2D eigenvalue weighted by molar-refractivity contribution is 0.0688. The zero-order valence-corrected chi connectivity index (χ0v) is 20.3. The molecule has 0 aliphatic heterocycles. The molecular formula is C23H25FN4O6S. The van der Waals surface area contributed by atoms with Crippen LogP contribution in [0.5, 0.6) is 11.6 Å². The highest BCUT2D eigenvalue weighted by atomic mass is 32.2. The largest absolute Gasteiger partial charge is 0.476 e. The van der Waals surface area contributed by atoms with Crippen molar-refractivity contribution in [3.8, 4) is 11.6 Å². The SMILES string of the molecule is CC[C@H](C)NS(=O)(=O)c1cc(NC(=O)c2ccccc2F)ccc1Oc1c(C)c(C(=O)O)nn1C. The summed E-state index contributed by atoms with van der Waals surface area (Å²) in [6.07, 6.45) is 0.516. The van der Waals surface area contributed by atoms with Crippen molar-refractivity contribution < 1.29 is 32.2 Å². The number of aromatic carboxylic acids is 1. The third-order valence-corrected chi connectivity index (χ3v) is 6.82. The van der Waals surface area contributed by atoms with Gasteiger partial charge in [0.1, 0.15) is 16.5 Å². The number of carboxylic acids is 1. The van der Waals surface area contributed by atoms with Crippen molar-refractivity contribution in [3.63, 3.8) is 0 Å². The fraction of sp³-hybridized carbons (Fsp3) is 0.261. The number of anilines is 1. The molecule has 3 rings (SSSR count). The molecule has 35 heavy (non-hydrogen) atoms. The summed E-state index contributed by atoms with van der Waals surface area (Å²) < 4.78 is 49.9. The van der Waals surface area contributed by atoms with E-state index in [-0.39, 0.29) is 39.0 Å². The normalized spacial score (nSPS) is 12.3. The molecule has 3 aromatic rings. The summed E-state index contributed by atoms with van der Waals surface area (Å²) in [6.45, 7) is 4.98. The Morgan fingerprint density at radius 2 is 1.91 bits per heavy atom. The van der Waals surface area contributed by atoms with Crippen LogP contribution in [0.15, 0.2) is 47.4 Å². The van der Waals surface area contributed by atoms with Crippen LogP contribution in [0.2, 0.25) is 0 Å². The maximum atomic E-state index is 14.0. The van der Waals surface area contributed by atoms with Gasteiger partial charge in [-0.3, -0.25) is 4.79 Å². The minimum atomic E-state index is -4.14. The zero-order valence-electron chi connectivity index (χ0n) is 19.5. The predicted molar refractivity (Wildman–Crippen MR) is 126 cm³/mol. The topological polar surface area (TPSA) is 140 Å². The molecule has 0 aliphatic carbocycles. The van der Waals surface area contributed by atoms with Gasteiger partial charge in [0.05, 0.1) is 5.56 Å². The van der Waals surface area contributed by atoms with Gasteiger partial charge >= 0.3 is 5.97 Å². The second-order valence-electron chi connectivity index (χ2n) is 7.84. The van der Waals surface area contributed by atoms with Crippen molar-refractivity contribution in [2.75, 3.05) is 5.32 Å². The third-order valence-electron chi connectivity index (χ3n) is 5.21. The Balaban J connectivity index is 2.05. The van der Waals surface area contributed by atoms with Gasteiger partial charge < -0.3 is 15.2 Å². The number of benzene rings is 2. The Labute approximate surface area is 201 Å². The van der Waals surface area contributed by atoms with E-state index >= 15 is 0 Å². The van der Waals surface area contributed by atoms with E-state index in [1.165, 1.54) is 55.1 Å². The van der Waals surface area contributed by atoms with Crippen molar-refractivity contribution >= 4 is 27.6 Å². The fourth-order valence-electron chi connectivity index (χ4n) is 3.20. The molecule has 0 unspecified atom stereocenters. The Morgan fingerprint density at radius 1 is 1.23 bits per heavy atom. The van der Waals surface area contributed by atoms with Crippen LogP contribution in [0.25, 0.3) is 0 Å². The Morgan fingerprint density at radius 3 is 2.51 bits per heavy atom. The molecule has 2 aromatic carbocycles. The number of hydrogen-bond donors (Lipinski definition) is 3. The van der Waals surface area contributed by atoms with E-state index in [9.17, 15) is 27.5 Å². The lowest BCUT2D eigenvalue weighted by Crippen LogP contribution is -2.32. The van der Waals surface area contributed by atoms with Crippen molar-refractivity contribution in [1.82, 2.24) is 14.5 Å². The first-order valence-electron chi connectivity index (χ1n) is 10.6. The van der Waals surface area contributed by atoms with Crippen LogP contribution < -0.4 is 14.8 Å². The summed E-state index contributed by atoms with van der Waals surface area (Å²) >= 11 is 0. The van der Waals surface area contributed by atoms with Crippen LogP contribution in [0.3, 0.4) is 0 Å².